The Morgan fingerprint density at radius 3 is 2.32 bits per heavy atom. The van der Waals surface area contributed by atoms with Crippen molar-refractivity contribution >= 4 is 22.4 Å². The Kier molecular flexibility index (Phi) is 6.11. The van der Waals surface area contributed by atoms with Gasteiger partial charge in [0.2, 0.25) is 4.96 Å². The lowest BCUT2D eigenvalue weighted by Crippen LogP contribution is -2.28. The molecule has 0 aliphatic heterocycles. The third kappa shape index (κ3) is 4.51. The topological polar surface area (TPSA) is 91.4 Å². The van der Waals surface area contributed by atoms with Crippen molar-refractivity contribution in [3.63, 3.8) is 0 Å². The van der Waals surface area contributed by atoms with E-state index >= 15 is 0 Å². The highest BCUT2D eigenvalue weighted by atomic mass is 32.1. The van der Waals surface area contributed by atoms with Gasteiger partial charge in [0.1, 0.15) is 17.1 Å². The standard InChI is InChI=1S/C29H21N5O3S/c1-37-23-14-12-20(13-15-23)26-21(18-33(32-26)22-10-6-3-7-11-22)17-25-28(36)34-29(38-25)30-27(35)24(31-34)16-19-8-4-2-5-9-19/h2-15,17-18H,16H2,1H3/b25-17-. The molecule has 9 heteroatoms. The van der Waals surface area contributed by atoms with Crippen molar-refractivity contribution in [3.05, 3.63) is 133 Å². The number of aromatic nitrogens is 5. The lowest BCUT2D eigenvalue weighted by Gasteiger charge is -2.02. The number of hydrogen-bond donors (Lipinski definition) is 0. The van der Waals surface area contributed by atoms with Crippen molar-refractivity contribution in [3.8, 4) is 22.7 Å². The predicted octanol–water partition coefficient (Wildman–Crippen LogP) is 3.51. The molecule has 6 aromatic rings. The summed E-state index contributed by atoms with van der Waals surface area (Å²) < 4.78 is 8.69. The van der Waals surface area contributed by atoms with E-state index in [-0.39, 0.29) is 16.2 Å². The van der Waals surface area contributed by atoms with Gasteiger partial charge in [-0.25, -0.2) is 4.68 Å². The summed E-state index contributed by atoms with van der Waals surface area (Å²) in [5, 5.41) is 9.19. The fourth-order valence-corrected chi connectivity index (χ4v) is 5.06. The van der Waals surface area contributed by atoms with Crippen molar-refractivity contribution < 1.29 is 4.74 Å². The van der Waals surface area contributed by atoms with Crippen LogP contribution in [0, 0.1) is 0 Å². The van der Waals surface area contributed by atoms with Crippen molar-refractivity contribution in [2.75, 3.05) is 7.11 Å². The van der Waals surface area contributed by atoms with Crippen LogP contribution in [0.2, 0.25) is 0 Å². The minimum atomic E-state index is -0.433. The first kappa shape index (κ1) is 23.5. The molecule has 0 amide bonds. The zero-order chi connectivity index (χ0) is 26.1. The van der Waals surface area contributed by atoms with Gasteiger partial charge in [-0.1, -0.05) is 59.9 Å². The van der Waals surface area contributed by atoms with Crippen LogP contribution in [0.1, 0.15) is 16.8 Å². The molecule has 3 aromatic carbocycles. The molecule has 0 saturated heterocycles. The Bertz CT molecular complexity index is 1910. The highest BCUT2D eigenvalue weighted by molar-refractivity contribution is 7.15. The molecule has 0 fully saturated rings. The average Bonchev–Trinajstić information content (AvgIpc) is 3.51. The van der Waals surface area contributed by atoms with Gasteiger partial charge in [0.15, 0.2) is 0 Å². The van der Waals surface area contributed by atoms with Crippen molar-refractivity contribution in [1.82, 2.24) is 24.4 Å². The number of methoxy groups -OCH3 is 1. The molecule has 0 radical (unpaired) electrons. The molecule has 186 valence electrons. The number of ether oxygens (including phenoxy) is 1. The second-order valence-corrected chi connectivity index (χ2v) is 9.59. The lowest BCUT2D eigenvalue weighted by atomic mass is 10.1. The Balaban J connectivity index is 1.48. The summed E-state index contributed by atoms with van der Waals surface area (Å²) in [6.45, 7) is 0. The highest BCUT2D eigenvalue weighted by Gasteiger charge is 2.15. The van der Waals surface area contributed by atoms with Gasteiger partial charge in [0, 0.05) is 23.7 Å². The van der Waals surface area contributed by atoms with Gasteiger partial charge in [0.05, 0.1) is 17.3 Å². The molecule has 0 atom stereocenters. The summed E-state index contributed by atoms with van der Waals surface area (Å²) in [5.74, 6) is 0.737. The van der Waals surface area contributed by atoms with Crippen LogP contribution >= 0.6 is 11.3 Å². The third-order valence-electron chi connectivity index (χ3n) is 6.08. The second-order valence-electron chi connectivity index (χ2n) is 8.58. The Hall–Kier alpha value is -4.89. The van der Waals surface area contributed by atoms with Gasteiger partial charge in [-0.05, 0) is 48.0 Å². The molecule has 0 aliphatic carbocycles. The van der Waals surface area contributed by atoms with E-state index in [2.05, 4.69) is 10.1 Å². The lowest BCUT2D eigenvalue weighted by molar-refractivity contribution is 0.415. The molecule has 3 aromatic heterocycles. The van der Waals surface area contributed by atoms with Gasteiger partial charge < -0.3 is 4.74 Å². The number of nitrogens with zero attached hydrogens (tertiary/aromatic N) is 5. The normalized spacial score (nSPS) is 11.8. The van der Waals surface area contributed by atoms with Gasteiger partial charge in [-0.2, -0.15) is 19.7 Å². The molecular weight excluding hydrogens is 498 g/mol. The summed E-state index contributed by atoms with van der Waals surface area (Å²) >= 11 is 1.13. The van der Waals surface area contributed by atoms with Crippen molar-refractivity contribution in [1.29, 1.82) is 0 Å². The van der Waals surface area contributed by atoms with Crippen LogP contribution in [-0.4, -0.2) is 31.5 Å². The number of thiazole rings is 1. The number of hydrogen-bond acceptors (Lipinski definition) is 7. The molecule has 0 aliphatic rings. The second kappa shape index (κ2) is 9.87. The zero-order valence-electron chi connectivity index (χ0n) is 20.3. The molecule has 0 bridgehead atoms. The van der Waals surface area contributed by atoms with Gasteiger partial charge >= 0.3 is 0 Å². The molecule has 6 rings (SSSR count). The molecule has 0 N–H and O–H groups in total. The van der Waals surface area contributed by atoms with Gasteiger partial charge in [0.25, 0.3) is 11.1 Å². The summed E-state index contributed by atoms with van der Waals surface area (Å²) in [6, 6.07) is 26.8. The molecule has 0 spiro atoms. The van der Waals surface area contributed by atoms with E-state index in [9.17, 15) is 9.59 Å². The van der Waals surface area contributed by atoms with Crippen LogP contribution in [0.15, 0.2) is 101 Å². The van der Waals surface area contributed by atoms with E-state index in [4.69, 9.17) is 9.84 Å². The zero-order valence-corrected chi connectivity index (χ0v) is 21.1. The average molecular weight is 520 g/mol. The van der Waals surface area contributed by atoms with E-state index in [0.717, 1.165) is 39.5 Å². The monoisotopic (exact) mass is 519 g/mol. The first-order valence-corrected chi connectivity index (χ1v) is 12.7. The fourth-order valence-electron chi connectivity index (χ4n) is 4.16. The van der Waals surface area contributed by atoms with Crippen LogP contribution in [0.25, 0.3) is 28.0 Å². The first-order valence-electron chi connectivity index (χ1n) is 11.9. The van der Waals surface area contributed by atoms with E-state index in [0.29, 0.717) is 16.6 Å². The SMILES string of the molecule is COc1ccc(-c2nn(-c3ccccc3)cc2/C=c2\sc3nc(=O)c(Cc4ccccc4)nn3c2=O)cc1. The summed E-state index contributed by atoms with van der Waals surface area (Å²) in [5.41, 5.74) is 3.59. The van der Waals surface area contributed by atoms with Crippen LogP contribution in [0.3, 0.4) is 0 Å². The third-order valence-corrected chi connectivity index (χ3v) is 7.04. The maximum atomic E-state index is 13.4. The fraction of sp³-hybridized carbons (Fsp3) is 0.0690. The predicted molar refractivity (Wildman–Crippen MR) is 147 cm³/mol. The Labute approximate surface area is 220 Å². The first-order chi connectivity index (χ1) is 18.6. The molecule has 38 heavy (non-hydrogen) atoms. The molecule has 8 nitrogen and oxygen atoms in total. The quantitative estimate of drug-likeness (QED) is 0.335. The summed E-state index contributed by atoms with van der Waals surface area (Å²) in [4.78, 5) is 30.4. The Morgan fingerprint density at radius 2 is 1.61 bits per heavy atom. The van der Waals surface area contributed by atoms with Crippen LogP contribution in [0.4, 0.5) is 0 Å². The maximum Gasteiger partial charge on any atom is 0.296 e. The summed E-state index contributed by atoms with van der Waals surface area (Å²) in [6.07, 6.45) is 3.95. The van der Waals surface area contributed by atoms with Crippen LogP contribution < -0.4 is 20.4 Å². The molecule has 0 unspecified atom stereocenters. The Morgan fingerprint density at radius 1 is 0.895 bits per heavy atom. The largest absolute Gasteiger partial charge is 0.497 e. The maximum absolute atomic E-state index is 13.4. The summed E-state index contributed by atoms with van der Waals surface area (Å²) in [7, 11) is 1.62. The number of benzene rings is 3. The molecule has 3 heterocycles. The van der Waals surface area contributed by atoms with E-state index < -0.39 is 5.56 Å². The van der Waals surface area contributed by atoms with E-state index in [1.807, 2.05) is 91.1 Å². The van der Waals surface area contributed by atoms with Crippen LogP contribution in [0.5, 0.6) is 5.75 Å². The van der Waals surface area contributed by atoms with Gasteiger partial charge in [-0.15, -0.1) is 0 Å². The van der Waals surface area contributed by atoms with Crippen molar-refractivity contribution in [2.24, 2.45) is 0 Å². The molecular formula is C29H21N5O3S. The number of rotatable bonds is 6. The minimum absolute atomic E-state index is 0.228. The van der Waals surface area contributed by atoms with Gasteiger partial charge in [-0.3, -0.25) is 9.59 Å². The number of fused-ring (bicyclic) bond motifs is 1. The van der Waals surface area contributed by atoms with E-state index in [1.165, 1.54) is 4.52 Å². The highest BCUT2D eigenvalue weighted by Crippen LogP contribution is 2.26. The minimum Gasteiger partial charge on any atom is -0.497 e. The number of para-hydroxylation sites is 1. The van der Waals surface area contributed by atoms with Crippen molar-refractivity contribution in [2.45, 2.75) is 6.42 Å². The van der Waals surface area contributed by atoms with E-state index in [1.54, 1.807) is 17.9 Å². The molecule has 0 saturated carbocycles. The van der Waals surface area contributed by atoms with Crippen LogP contribution in [-0.2, 0) is 6.42 Å². The smallest absolute Gasteiger partial charge is 0.296 e.